The molecule has 0 saturated carbocycles. The molecule has 100 valence electrons. The first-order chi connectivity index (χ1) is 8.24. The zero-order valence-electron chi connectivity index (χ0n) is 10.8. The van der Waals surface area contributed by atoms with Crippen molar-refractivity contribution in [1.82, 2.24) is 15.1 Å². The van der Waals surface area contributed by atoms with Gasteiger partial charge in [-0.25, -0.2) is 0 Å². The molecule has 0 unspecified atom stereocenters. The average Bonchev–Trinajstić information content (AvgIpc) is 2.89. The zero-order chi connectivity index (χ0) is 12.1. The van der Waals surface area contributed by atoms with Gasteiger partial charge in [-0.1, -0.05) is 19.9 Å². The van der Waals surface area contributed by atoms with Gasteiger partial charge in [0, 0.05) is 30.7 Å². The van der Waals surface area contributed by atoms with Crippen molar-refractivity contribution in [3.05, 3.63) is 40.3 Å². The van der Waals surface area contributed by atoms with Crippen LogP contribution in [-0.2, 0) is 19.6 Å². The summed E-state index contributed by atoms with van der Waals surface area (Å²) < 4.78 is 2.02. The molecule has 2 heterocycles. The summed E-state index contributed by atoms with van der Waals surface area (Å²) in [5.74, 6) is 0.641. The van der Waals surface area contributed by atoms with Crippen LogP contribution in [0, 0.1) is 5.92 Å². The maximum Gasteiger partial charge on any atom is 0.0762 e. The summed E-state index contributed by atoms with van der Waals surface area (Å²) in [4.78, 5) is 1.37. The predicted octanol–water partition coefficient (Wildman–Crippen LogP) is 3.31. The van der Waals surface area contributed by atoms with Crippen molar-refractivity contribution >= 4 is 23.7 Å². The van der Waals surface area contributed by atoms with Crippen LogP contribution in [-0.4, -0.2) is 9.78 Å². The largest absolute Gasteiger partial charge is 0.306 e. The fraction of sp³-hybridized carbons (Fsp3) is 0.462. The molecule has 0 aliphatic carbocycles. The molecule has 0 aliphatic rings. The second-order valence-corrected chi connectivity index (χ2v) is 5.64. The van der Waals surface area contributed by atoms with Gasteiger partial charge in [0.25, 0.3) is 0 Å². The number of hydrogen-bond acceptors (Lipinski definition) is 3. The molecule has 0 amide bonds. The molecule has 2 rings (SSSR count). The average molecular weight is 286 g/mol. The van der Waals surface area contributed by atoms with E-state index in [1.54, 1.807) is 11.3 Å². The third-order valence-electron chi connectivity index (χ3n) is 2.43. The van der Waals surface area contributed by atoms with Gasteiger partial charge in [0.05, 0.1) is 5.69 Å². The standard InChI is InChI=1S/C13H19N3S.ClH/c1-11(2)10-16-6-5-12(15-16)8-14-9-13-4-3-7-17-13;/h3-7,11,14H,8-10H2,1-2H3;1H. The summed E-state index contributed by atoms with van der Waals surface area (Å²) in [6, 6.07) is 6.32. The van der Waals surface area contributed by atoms with E-state index < -0.39 is 0 Å². The molecule has 0 aromatic carbocycles. The van der Waals surface area contributed by atoms with E-state index in [0.29, 0.717) is 5.92 Å². The Morgan fingerprint density at radius 2 is 2.17 bits per heavy atom. The van der Waals surface area contributed by atoms with Crippen LogP contribution >= 0.6 is 23.7 Å². The van der Waals surface area contributed by atoms with Crippen LogP contribution in [0.1, 0.15) is 24.4 Å². The second kappa shape index (κ2) is 7.56. The Morgan fingerprint density at radius 1 is 1.33 bits per heavy atom. The van der Waals surface area contributed by atoms with Gasteiger partial charge in [-0.05, 0) is 23.4 Å². The van der Waals surface area contributed by atoms with Gasteiger partial charge >= 0.3 is 0 Å². The predicted molar refractivity (Wildman–Crippen MR) is 79.2 cm³/mol. The summed E-state index contributed by atoms with van der Waals surface area (Å²) in [6.07, 6.45) is 2.06. The van der Waals surface area contributed by atoms with E-state index in [1.807, 2.05) is 4.68 Å². The lowest BCUT2D eigenvalue weighted by molar-refractivity contribution is 0.478. The van der Waals surface area contributed by atoms with Crippen LogP contribution < -0.4 is 5.32 Å². The molecular weight excluding hydrogens is 266 g/mol. The quantitative estimate of drug-likeness (QED) is 0.882. The summed E-state index contributed by atoms with van der Waals surface area (Å²) in [5, 5.41) is 10.0. The van der Waals surface area contributed by atoms with Crippen LogP contribution in [0.5, 0.6) is 0 Å². The van der Waals surface area contributed by atoms with E-state index in [2.05, 4.69) is 54.0 Å². The third kappa shape index (κ3) is 4.80. The van der Waals surface area contributed by atoms with Crippen LogP contribution in [0.3, 0.4) is 0 Å². The molecular formula is C13H20ClN3S. The van der Waals surface area contributed by atoms with Crippen molar-refractivity contribution in [3.63, 3.8) is 0 Å². The summed E-state index contributed by atoms with van der Waals surface area (Å²) in [5.41, 5.74) is 1.11. The number of thiophene rings is 1. The molecule has 1 N–H and O–H groups in total. The van der Waals surface area contributed by atoms with Crippen LogP contribution in [0.15, 0.2) is 29.8 Å². The molecule has 0 aliphatic heterocycles. The SMILES string of the molecule is CC(C)Cn1ccc(CNCc2cccs2)n1.Cl. The van der Waals surface area contributed by atoms with Crippen molar-refractivity contribution in [1.29, 1.82) is 0 Å². The molecule has 0 fully saturated rings. The summed E-state index contributed by atoms with van der Waals surface area (Å²) >= 11 is 1.78. The first kappa shape index (κ1) is 15.2. The lowest BCUT2D eigenvalue weighted by Gasteiger charge is -2.04. The Bertz CT molecular complexity index is 437. The Hall–Kier alpha value is -0.840. The van der Waals surface area contributed by atoms with Crippen molar-refractivity contribution in [2.75, 3.05) is 0 Å². The van der Waals surface area contributed by atoms with Crippen LogP contribution in [0.4, 0.5) is 0 Å². The zero-order valence-corrected chi connectivity index (χ0v) is 12.4. The van der Waals surface area contributed by atoms with Gasteiger partial charge in [0.1, 0.15) is 0 Å². The fourth-order valence-electron chi connectivity index (χ4n) is 1.70. The minimum Gasteiger partial charge on any atom is -0.306 e. The van der Waals surface area contributed by atoms with E-state index in [1.165, 1.54) is 4.88 Å². The van der Waals surface area contributed by atoms with Gasteiger partial charge in [-0.15, -0.1) is 23.7 Å². The Balaban J connectivity index is 0.00000162. The first-order valence-corrected chi connectivity index (χ1v) is 6.87. The minimum absolute atomic E-state index is 0. The van der Waals surface area contributed by atoms with Crippen molar-refractivity contribution in [2.45, 2.75) is 33.5 Å². The molecule has 5 heteroatoms. The minimum atomic E-state index is 0. The monoisotopic (exact) mass is 285 g/mol. The van der Waals surface area contributed by atoms with Crippen molar-refractivity contribution in [2.24, 2.45) is 5.92 Å². The molecule has 0 spiro atoms. The maximum atomic E-state index is 4.53. The van der Waals surface area contributed by atoms with Crippen molar-refractivity contribution in [3.8, 4) is 0 Å². The number of aromatic nitrogens is 2. The molecule has 0 saturated heterocycles. The number of hydrogen-bond donors (Lipinski definition) is 1. The summed E-state index contributed by atoms with van der Waals surface area (Å²) in [6.45, 7) is 7.16. The third-order valence-corrected chi connectivity index (χ3v) is 3.31. The summed E-state index contributed by atoms with van der Waals surface area (Å²) in [7, 11) is 0. The molecule has 0 bridgehead atoms. The topological polar surface area (TPSA) is 29.9 Å². The second-order valence-electron chi connectivity index (χ2n) is 4.61. The highest BCUT2D eigenvalue weighted by molar-refractivity contribution is 7.09. The molecule has 3 nitrogen and oxygen atoms in total. The normalized spacial score (nSPS) is 10.6. The molecule has 18 heavy (non-hydrogen) atoms. The van der Waals surface area contributed by atoms with E-state index >= 15 is 0 Å². The highest BCUT2D eigenvalue weighted by Gasteiger charge is 2.01. The number of rotatable bonds is 6. The van der Waals surface area contributed by atoms with Gasteiger partial charge in [0.2, 0.25) is 0 Å². The number of nitrogens with one attached hydrogen (secondary N) is 1. The van der Waals surface area contributed by atoms with E-state index in [-0.39, 0.29) is 12.4 Å². The van der Waals surface area contributed by atoms with Gasteiger partial charge in [-0.3, -0.25) is 4.68 Å². The Kier molecular flexibility index (Phi) is 6.39. The Labute approximate surface area is 119 Å². The lowest BCUT2D eigenvalue weighted by Crippen LogP contribution is -2.13. The maximum absolute atomic E-state index is 4.53. The van der Waals surface area contributed by atoms with Crippen LogP contribution in [0.25, 0.3) is 0 Å². The van der Waals surface area contributed by atoms with E-state index in [0.717, 1.165) is 25.3 Å². The van der Waals surface area contributed by atoms with E-state index in [4.69, 9.17) is 0 Å². The number of halogens is 1. The van der Waals surface area contributed by atoms with E-state index in [9.17, 15) is 0 Å². The van der Waals surface area contributed by atoms with Gasteiger partial charge in [-0.2, -0.15) is 5.10 Å². The molecule has 0 atom stereocenters. The molecule has 2 aromatic rings. The molecule has 0 radical (unpaired) electrons. The number of nitrogens with zero attached hydrogens (tertiary/aromatic N) is 2. The highest BCUT2D eigenvalue weighted by Crippen LogP contribution is 2.08. The lowest BCUT2D eigenvalue weighted by atomic mass is 10.2. The van der Waals surface area contributed by atoms with Gasteiger partial charge < -0.3 is 5.32 Å². The van der Waals surface area contributed by atoms with Crippen LogP contribution in [0.2, 0.25) is 0 Å². The first-order valence-electron chi connectivity index (χ1n) is 5.99. The molecule has 2 aromatic heterocycles. The highest BCUT2D eigenvalue weighted by atomic mass is 35.5. The smallest absolute Gasteiger partial charge is 0.0762 e. The van der Waals surface area contributed by atoms with Crippen molar-refractivity contribution < 1.29 is 0 Å². The van der Waals surface area contributed by atoms with Gasteiger partial charge in [0.15, 0.2) is 0 Å². The fourth-order valence-corrected chi connectivity index (χ4v) is 2.38. The Morgan fingerprint density at radius 3 is 2.83 bits per heavy atom.